The summed E-state index contributed by atoms with van der Waals surface area (Å²) in [5.74, 6) is -1.54. The number of rotatable bonds is 8. The van der Waals surface area contributed by atoms with Crippen LogP contribution in [0.1, 0.15) is 32.3 Å². The molecule has 2 N–H and O–H groups in total. The van der Waals surface area contributed by atoms with Crippen LogP contribution < -0.4 is 5.32 Å². The van der Waals surface area contributed by atoms with E-state index in [1.54, 1.807) is 4.90 Å². The lowest BCUT2D eigenvalue weighted by molar-refractivity contribution is -0.160. The van der Waals surface area contributed by atoms with E-state index in [0.29, 0.717) is 19.4 Å². The van der Waals surface area contributed by atoms with Gasteiger partial charge in [0.2, 0.25) is 11.8 Å². The number of methoxy groups -OCH3 is 1. The molecule has 1 saturated heterocycles. The van der Waals surface area contributed by atoms with Gasteiger partial charge in [0.05, 0.1) is 13.0 Å². The van der Waals surface area contributed by atoms with Crippen LogP contribution >= 0.6 is 0 Å². The lowest BCUT2D eigenvalue weighted by Crippen LogP contribution is -2.58. The molecule has 1 aliphatic rings. The summed E-state index contributed by atoms with van der Waals surface area (Å²) in [5, 5.41) is 12.5. The van der Waals surface area contributed by atoms with E-state index in [9.17, 15) is 19.5 Å². The molecule has 2 amide bonds. The zero-order chi connectivity index (χ0) is 20.7. The monoisotopic (exact) mass is 390 g/mol. The quantitative estimate of drug-likeness (QED) is 0.704. The molecule has 2 unspecified atom stereocenters. The maximum atomic E-state index is 13.1. The van der Waals surface area contributed by atoms with Gasteiger partial charge in [0.1, 0.15) is 11.5 Å². The number of aliphatic carboxylic acids is 1. The highest BCUT2D eigenvalue weighted by atomic mass is 16.5. The number of piperidine rings is 1. The van der Waals surface area contributed by atoms with Gasteiger partial charge in [-0.2, -0.15) is 0 Å². The first-order valence-electron chi connectivity index (χ1n) is 9.63. The number of amides is 2. The number of hydrogen-bond acceptors (Lipinski definition) is 4. The number of likely N-dealkylation sites (tertiary alicyclic amines) is 1. The number of nitrogens with zero attached hydrogens (tertiary/aromatic N) is 1. The van der Waals surface area contributed by atoms with Crippen molar-refractivity contribution in [1.29, 1.82) is 0 Å². The van der Waals surface area contributed by atoms with E-state index in [2.05, 4.69) is 5.32 Å². The second-order valence-corrected chi connectivity index (χ2v) is 7.83. The first-order chi connectivity index (χ1) is 13.3. The summed E-state index contributed by atoms with van der Waals surface area (Å²) >= 11 is 0. The summed E-state index contributed by atoms with van der Waals surface area (Å²) in [7, 11) is 1.46. The predicted octanol–water partition coefficient (Wildman–Crippen LogP) is 1.71. The Morgan fingerprint density at radius 1 is 1.25 bits per heavy atom. The molecule has 1 aliphatic heterocycles. The zero-order valence-electron chi connectivity index (χ0n) is 16.8. The summed E-state index contributed by atoms with van der Waals surface area (Å²) in [6.45, 7) is 4.37. The molecule has 154 valence electrons. The Balaban J connectivity index is 2.09. The van der Waals surface area contributed by atoms with Crippen molar-refractivity contribution in [2.45, 2.75) is 39.2 Å². The Morgan fingerprint density at radius 3 is 2.50 bits per heavy atom. The molecule has 1 aromatic rings. The van der Waals surface area contributed by atoms with Crippen molar-refractivity contribution in [2.24, 2.45) is 11.3 Å². The normalized spacial score (nSPS) is 20.6. The van der Waals surface area contributed by atoms with Gasteiger partial charge in [0.15, 0.2) is 0 Å². The van der Waals surface area contributed by atoms with Crippen LogP contribution in [0.5, 0.6) is 0 Å². The number of carboxylic acids is 1. The molecule has 1 fully saturated rings. The number of ether oxygens (including phenoxy) is 1. The van der Waals surface area contributed by atoms with Gasteiger partial charge in [-0.1, -0.05) is 44.2 Å². The van der Waals surface area contributed by atoms with Crippen LogP contribution in [0.15, 0.2) is 30.3 Å². The molecule has 1 heterocycles. The van der Waals surface area contributed by atoms with Gasteiger partial charge in [0, 0.05) is 20.2 Å². The Morgan fingerprint density at radius 2 is 1.93 bits per heavy atom. The lowest BCUT2D eigenvalue weighted by atomic mass is 9.80. The maximum absolute atomic E-state index is 13.1. The average Bonchev–Trinajstić information content (AvgIpc) is 2.66. The molecule has 1 aromatic carbocycles. The molecule has 0 saturated carbocycles. The zero-order valence-corrected chi connectivity index (χ0v) is 16.8. The third-order valence-electron chi connectivity index (χ3n) is 5.22. The highest BCUT2D eigenvalue weighted by Gasteiger charge is 2.45. The van der Waals surface area contributed by atoms with Crippen LogP contribution in [-0.4, -0.2) is 60.6 Å². The number of hydrogen-bond donors (Lipinski definition) is 2. The van der Waals surface area contributed by atoms with Gasteiger partial charge >= 0.3 is 5.97 Å². The summed E-state index contributed by atoms with van der Waals surface area (Å²) in [6.07, 6.45) is 1.25. The van der Waals surface area contributed by atoms with Gasteiger partial charge in [-0.3, -0.25) is 14.4 Å². The van der Waals surface area contributed by atoms with Gasteiger partial charge in [-0.25, -0.2) is 0 Å². The van der Waals surface area contributed by atoms with Gasteiger partial charge in [0.25, 0.3) is 0 Å². The number of carbonyl (C=O) groups is 3. The summed E-state index contributed by atoms with van der Waals surface area (Å²) < 4.78 is 5.12. The minimum atomic E-state index is -1.10. The smallest absolute Gasteiger partial charge is 0.313 e. The average molecular weight is 390 g/mol. The van der Waals surface area contributed by atoms with Crippen molar-refractivity contribution in [3.05, 3.63) is 35.9 Å². The number of benzene rings is 1. The van der Waals surface area contributed by atoms with Crippen molar-refractivity contribution in [3.63, 3.8) is 0 Å². The van der Waals surface area contributed by atoms with E-state index >= 15 is 0 Å². The van der Waals surface area contributed by atoms with E-state index < -0.39 is 17.4 Å². The standard InChI is InChI=1S/C21H30N2O5/c1-15(2)18(22-17(24)12-16-8-5-4-6-9-16)19(25)23-11-7-10-21(13-23,14-28-3)20(26)27/h4-6,8-9,15,18H,7,10-14H2,1-3H3,(H,22,24)(H,26,27). The highest BCUT2D eigenvalue weighted by molar-refractivity contribution is 5.89. The third kappa shape index (κ3) is 5.32. The third-order valence-corrected chi connectivity index (χ3v) is 5.22. The first-order valence-corrected chi connectivity index (χ1v) is 9.63. The second kappa shape index (κ2) is 9.68. The maximum Gasteiger partial charge on any atom is 0.313 e. The lowest BCUT2D eigenvalue weighted by Gasteiger charge is -2.41. The number of carboxylic acid groups (broad SMARTS) is 1. The van der Waals surface area contributed by atoms with Gasteiger partial charge < -0.3 is 20.1 Å². The summed E-state index contributed by atoms with van der Waals surface area (Å²) in [5.41, 5.74) is -0.226. The van der Waals surface area contributed by atoms with Crippen LogP contribution in [0.25, 0.3) is 0 Å². The van der Waals surface area contributed by atoms with Crippen molar-refractivity contribution in [2.75, 3.05) is 26.8 Å². The topological polar surface area (TPSA) is 95.9 Å². The SMILES string of the molecule is COCC1(C(=O)O)CCCN(C(=O)C(NC(=O)Cc2ccccc2)C(C)C)C1. The molecule has 2 atom stereocenters. The number of nitrogens with one attached hydrogen (secondary N) is 1. The fourth-order valence-electron chi connectivity index (χ4n) is 3.67. The minimum Gasteiger partial charge on any atom is -0.481 e. The Labute approximate surface area is 166 Å². The van der Waals surface area contributed by atoms with Crippen molar-refractivity contribution in [3.8, 4) is 0 Å². The molecule has 28 heavy (non-hydrogen) atoms. The van der Waals surface area contributed by atoms with Crippen LogP contribution in [0.4, 0.5) is 0 Å². The van der Waals surface area contributed by atoms with Crippen molar-refractivity contribution in [1.82, 2.24) is 10.2 Å². The Bertz CT molecular complexity index is 687. The van der Waals surface area contributed by atoms with Crippen LogP contribution in [0.2, 0.25) is 0 Å². The van der Waals surface area contributed by atoms with Crippen LogP contribution in [-0.2, 0) is 25.5 Å². The summed E-state index contributed by atoms with van der Waals surface area (Å²) in [4.78, 5) is 39.0. The summed E-state index contributed by atoms with van der Waals surface area (Å²) in [6, 6.07) is 8.65. The van der Waals surface area contributed by atoms with Crippen LogP contribution in [0, 0.1) is 11.3 Å². The molecule has 2 rings (SSSR count). The molecule has 7 heteroatoms. The number of carbonyl (C=O) groups excluding carboxylic acids is 2. The molecule has 0 bridgehead atoms. The molecule has 0 spiro atoms. The van der Waals surface area contributed by atoms with Crippen molar-refractivity contribution < 1.29 is 24.2 Å². The minimum absolute atomic E-state index is 0.0544. The first kappa shape index (κ1) is 21.9. The van der Waals surface area contributed by atoms with E-state index in [-0.39, 0.29) is 37.3 Å². The fourth-order valence-corrected chi connectivity index (χ4v) is 3.67. The second-order valence-electron chi connectivity index (χ2n) is 7.83. The molecule has 0 aromatic heterocycles. The highest BCUT2D eigenvalue weighted by Crippen LogP contribution is 2.31. The predicted molar refractivity (Wildman–Crippen MR) is 105 cm³/mol. The molecule has 0 aliphatic carbocycles. The van der Waals surface area contributed by atoms with Crippen LogP contribution in [0.3, 0.4) is 0 Å². The largest absolute Gasteiger partial charge is 0.481 e. The van der Waals surface area contributed by atoms with Gasteiger partial charge in [-0.15, -0.1) is 0 Å². The van der Waals surface area contributed by atoms with E-state index in [1.165, 1.54) is 7.11 Å². The molecule has 7 nitrogen and oxygen atoms in total. The van der Waals surface area contributed by atoms with E-state index in [0.717, 1.165) is 5.56 Å². The Kier molecular flexibility index (Phi) is 7.57. The molecular weight excluding hydrogens is 360 g/mol. The van der Waals surface area contributed by atoms with E-state index in [1.807, 2.05) is 44.2 Å². The van der Waals surface area contributed by atoms with E-state index in [4.69, 9.17) is 4.74 Å². The van der Waals surface area contributed by atoms with Gasteiger partial charge in [-0.05, 0) is 24.3 Å². The fraction of sp³-hybridized carbons (Fsp3) is 0.571. The van der Waals surface area contributed by atoms with Crippen molar-refractivity contribution >= 4 is 17.8 Å². The molecule has 0 radical (unpaired) electrons. The Hall–Kier alpha value is -2.41. The molecular formula is C21H30N2O5.